The molecule has 0 atom stereocenters. The second-order valence-electron chi connectivity index (χ2n) is 9.65. The van der Waals surface area contributed by atoms with E-state index in [1.165, 1.54) is 19.2 Å². The summed E-state index contributed by atoms with van der Waals surface area (Å²) in [5.74, 6) is -0.495. The van der Waals surface area contributed by atoms with Crippen LogP contribution in [0.5, 0.6) is 11.5 Å². The Morgan fingerprint density at radius 2 is 1.46 bits per heavy atom. The smallest absolute Gasteiger partial charge is 0.262 e. The first-order chi connectivity index (χ1) is 16.3. The lowest BCUT2D eigenvalue weighted by Crippen LogP contribution is -2.30. The number of sulfonamides is 1. The molecule has 1 amide bonds. The van der Waals surface area contributed by atoms with Gasteiger partial charge in [-0.05, 0) is 54.4 Å². The summed E-state index contributed by atoms with van der Waals surface area (Å²) in [6.07, 6.45) is 0. The topological polar surface area (TPSA) is 95.9 Å². The van der Waals surface area contributed by atoms with Crippen LogP contribution in [-0.4, -0.2) is 44.5 Å². The zero-order chi connectivity index (χ0) is 26.7. The highest BCUT2D eigenvalue weighted by atomic mass is 32.2. The van der Waals surface area contributed by atoms with Gasteiger partial charge in [-0.15, -0.1) is 0 Å². The summed E-state index contributed by atoms with van der Waals surface area (Å²) in [5, 5.41) is 10.6. The third-order valence-electron chi connectivity index (χ3n) is 6.18. The van der Waals surface area contributed by atoms with E-state index in [1.807, 2.05) is 53.7 Å². The molecule has 0 bridgehead atoms. The zero-order valence-electron chi connectivity index (χ0n) is 22.4. The van der Waals surface area contributed by atoms with E-state index in [4.69, 9.17) is 4.74 Å². The van der Waals surface area contributed by atoms with Crippen molar-refractivity contribution in [1.29, 1.82) is 0 Å². The molecule has 0 aliphatic rings. The molecular formula is C27H40N2O5S. The van der Waals surface area contributed by atoms with Gasteiger partial charge in [0.15, 0.2) is 11.5 Å². The van der Waals surface area contributed by atoms with Crippen LogP contribution in [0.2, 0.25) is 0 Å². The molecule has 0 spiro atoms. The molecule has 0 unspecified atom stereocenters. The number of methoxy groups -OCH3 is 1. The van der Waals surface area contributed by atoms with Gasteiger partial charge in [0.05, 0.1) is 23.3 Å². The Bertz CT molecular complexity index is 1140. The van der Waals surface area contributed by atoms with E-state index in [0.29, 0.717) is 13.1 Å². The number of ether oxygens (including phenoxy) is 1. The molecule has 0 radical (unpaired) electrons. The maximum absolute atomic E-state index is 13.8. The summed E-state index contributed by atoms with van der Waals surface area (Å²) in [4.78, 5) is 14.8. The third-order valence-corrected chi connectivity index (χ3v) is 7.69. The molecule has 0 aliphatic carbocycles. The van der Waals surface area contributed by atoms with Gasteiger partial charge in [-0.1, -0.05) is 53.7 Å². The van der Waals surface area contributed by atoms with E-state index in [0.717, 1.165) is 16.7 Å². The fourth-order valence-electron chi connectivity index (χ4n) is 4.07. The van der Waals surface area contributed by atoms with Crippen LogP contribution in [0.15, 0.2) is 29.2 Å². The zero-order valence-corrected chi connectivity index (χ0v) is 23.2. The van der Waals surface area contributed by atoms with Crippen LogP contribution in [0.1, 0.15) is 100 Å². The normalized spacial score (nSPS) is 11.9. The molecule has 2 aromatic carbocycles. The molecular weight excluding hydrogens is 464 g/mol. The maximum Gasteiger partial charge on any atom is 0.262 e. The lowest BCUT2D eigenvalue weighted by atomic mass is 9.89. The van der Waals surface area contributed by atoms with Crippen molar-refractivity contribution >= 4 is 21.6 Å². The van der Waals surface area contributed by atoms with E-state index in [-0.39, 0.29) is 45.4 Å². The minimum Gasteiger partial charge on any atom is -0.504 e. The Hall–Kier alpha value is -2.74. The van der Waals surface area contributed by atoms with Crippen LogP contribution in [0.4, 0.5) is 5.69 Å². The average molecular weight is 505 g/mol. The standard InChI is InChI=1S/C27H40N2O5S/c1-10-29(11-2)27(31)23-14-20(15-24(34-9)25(23)30)28-35(32,33)26-21(17(5)6)12-19(16(3)4)13-22(26)18(7)8/h12-18,28,30H,10-11H2,1-9H3. The molecule has 2 aromatic rings. The van der Waals surface area contributed by atoms with Gasteiger partial charge < -0.3 is 14.7 Å². The van der Waals surface area contributed by atoms with Crippen molar-refractivity contribution in [3.05, 3.63) is 46.5 Å². The first-order valence-corrected chi connectivity index (χ1v) is 13.7. The number of amides is 1. The minimum atomic E-state index is -4.03. The summed E-state index contributed by atoms with van der Waals surface area (Å²) in [6, 6.07) is 6.70. The van der Waals surface area contributed by atoms with Gasteiger partial charge in [0.2, 0.25) is 0 Å². The molecule has 0 aliphatic heterocycles. The predicted molar refractivity (Wildman–Crippen MR) is 141 cm³/mol. The SMILES string of the molecule is CCN(CC)C(=O)c1cc(NS(=O)(=O)c2c(C(C)C)cc(C(C)C)cc2C(C)C)cc(OC)c1O. The Morgan fingerprint density at radius 1 is 0.943 bits per heavy atom. The number of nitrogens with one attached hydrogen (secondary N) is 1. The number of hydrogen-bond acceptors (Lipinski definition) is 5. The van der Waals surface area contributed by atoms with Crippen molar-refractivity contribution in [2.75, 3.05) is 24.9 Å². The van der Waals surface area contributed by atoms with Crippen molar-refractivity contribution in [3.8, 4) is 11.5 Å². The number of nitrogens with zero attached hydrogens (tertiary/aromatic N) is 1. The van der Waals surface area contributed by atoms with E-state index >= 15 is 0 Å². The van der Waals surface area contributed by atoms with Gasteiger partial charge >= 0.3 is 0 Å². The molecule has 8 heteroatoms. The highest BCUT2D eigenvalue weighted by Crippen LogP contribution is 2.38. The van der Waals surface area contributed by atoms with Crippen LogP contribution in [0.25, 0.3) is 0 Å². The molecule has 0 saturated heterocycles. The van der Waals surface area contributed by atoms with Gasteiger partial charge in [0.25, 0.3) is 15.9 Å². The molecule has 2 N–H and O–H groups in total. The van der Waals surface area contributed by atoms with Crippen molar-refractivity contribution in [1.82, 2.24) is 4.90 Å². The van der Waals surface area contributed by atoms with Gasteiger partial charge in [0, 0.05) is 19.2 Å². The third kappa shape index (κ3) is 6.10. The van der Waals surface area contributed by atoms with Crippen LogP contribution < -0.4 is 9.46 Å². The quantitative estimate of drug-likeness (QED) is 0.384. The largest absolute Gasteiger partial charge is 0.504 e. The summed E-state index contributed by atoms with van der Waals surface area (Å²) in [7, 11) is -2.67. The Morgan fingerprint density at radius 3 is 1.86 bits per heavy atom. The first kappa shape index (κ1) is 28.5. The number of carbonyl (C=O) groups is 1. The van der Waals surface area contributed by atoms with E-state index in [9.17, 15) is 18.3 Å². The molecule has 0 heterocycles. The monoisotopic (exact) mass is 504 g/mol. The number of rotatable bonds is 10. The number of carbonyl (C=O) groups excluding carboxylic acids is 1. The number of phenols is 1. The summed E-state index contributed by atoms with van der Waals surface area (Å²) in [6.45, 7) is 16.7. The van der Waals surface area contributed by atoms with E-state index in [1.54, 1.807) is 4.90 Å². The van der Waals surface area contributed by atoms with Crippen LogP contribution in [-0.2, 0) is 10.0 Å². The van der Waals surface area contributed by atoms with E-state index < -0.39 is 15.9 Å². The number of aromatic hydroxyl groups is 1. The Kier molecular flexibility index (Phi) is 9.23. The van der Waals surface area contributed by atoms with Crippen molar-refractivity contribution < 1.29 is 23.1 Å². The molecule has 0 aromatic heterocycles. The van der Waals surface area contributed by atoms with E-state index in [2.05, 4.69) is 18.6 Å². The second-order valence-corrected chi connectivity index (χ2v) is 11.3. The van der Waals surface area contributed by atoms with Crippen molar-refractivity contribution in [3.63, 3.8) is 0 Å². The highest BCUT2D eigenvalue weighted by Gasteiger charge is 2.28. The number of hydrogen-bond donors (Lipinski definition) is 2. The highest BCUT2D eigenvalue weighted by molar-refractivity contribution is 7.92. The molecule has 35 heavy (non-hydrogen) atoms. The predicted octanol–water partition coefficient (Wildman–Crippen LogP) is 6.05. The van der Waals surface area contributed by atoms with Crippen LogP contribution >= 0.6 is 0 Å². The van der Waals surface area contributed by atoms with Crippen LogP contribution in [0, 0.1) is 0 Å². The lowest BCUT2D eigenvalue weighted by molar-refractivity contribution is 0.0769. The Balaban J connectivity index is 2.72. The van der Waals surface area contributed by atoms with Gasteiger partial charge in [-0.2, -0.15) is 0 Å². The van der Waals surface area contributed by atoms with Gasteiger partial charge in [-0.3, -0.25) is 9.52 Å². The summed E-state index contributed by atoms with van der Waals surface area (Å²) < 4.78 is 35.6. The summed E-state index contributed by atoms with van der Waals surface area (Å²) in [5.41, 5.74) is 2.71. The maximum atomic E-state index is 13.8. The minimum absolute atomic E-state index is 0.0176. The molecule has 0 fully saturated rings. The van der Waals surface area contributed by atoms with Crippen molar-refractivity contribution in [2.24, 2.45) is 0 Å². The number of phenolic OH excluding ortho intramolecular Hbond substituents is 1. The van der Waals surface area contributed by atoms with Gasteiger partial charge in [-0.25, -0.2) is 8.42 Å². The number of anilines is 1. The molecule has 0 saturated carbocycles. The molecule has 194 valence electrons. The first-order valence-electron chi connectivity index (χ1n) is 12.2. The number of benzene rings is 2. The average Bonchev–Trinajstić information content (AvgIpc) is 2.79. The van der Waals surface area contributed by atoms with Crippen molar-refractivity contribution in [2.45, 2.75) is 78.0 Å². The van der Waals surface area contributed by atoms with Crippen LogP contribution in [0.3, 0.4) is 0 Å². The lowest BCUT2D eigenvalue weighted by Gasteiger charge is -2.24. The molecule has 7 nitrogen and oxygen atoms in total. The fraction of sp³-hybridized carbons (Fsp3) is 0.519. The summed E-state index contributed by atoms with van der Waals surface area (Å²) >= 11 is 0. The fourth-order valence-corrected chi connectivity index (χ4v) is 5.81. The molecule has 2 rings (SSSR count). The van der Waals surface area contributed by atoms with Gasteiger partial charge in [0.1, 0.15) is 0 Å². The Labute approximate surface area is 210 Å². The second kappa shape index (κ2) is 11.3.